The summed E-state index contributed by atoms with van der Waals surface area (Å²) in [5.41, 5.74) is 2.05. The van der Waals surface area contributed by atoms with Crippen LogP contribution in [0.4, 0.5) is 4.39 Å². The maximum atomic E-state index is 13.4. The molecule has 1 N–H and O–H groups in total. The van der Waals surface area contributed by atoms with Gasteiger partial charge in [0.25, 0.3) is 5.91 Å². The summed E-state index contributed by atoms with van der Waals surface area (Å²) in [6.45, 7) is 11.8. The predicted molar refractivity (Wildman–Crippen MR) is 110 cm³/mol. The summed E-state index contributed by atoms with van der Waals surface area (Å²) < 4.78 is 15.0. The second kappa shape index (κ2) is 7.39. The van der Waals surface area contributed by atoms with E-state index in [-0.39, 0.29) is 22.7 Å². The Kier molecular flexibility index (Phi) is 5.26. The molecule has 6 nitrogen and oxygen atoms in total. The molecule has 0 saturated heterocycles. The first-order valence-electron chi connectivity index (χ1n) is 9.47. The van der Waals surface area contributed by atoms with Gasteiger partial charge in [0.1, 0.15) is 5.82 Å². The van der Waals surface area contributed by atoms with Gasteiger partial charge >= 0.3 is 0 Å². The number of rotatable bonds is 3. The lowest BCUT2D eigenvalue weighted by molar-refractivity contribution is 0.0919. The minimum Gasteiger partial charge on any atom is -0.347 e. The highest BCUT2D eigenvalue weighted by Gasteiger charge is 2.24. The van der Waals surface area contributed by atoms with Crippen molar-refractivity contribution in [3.8, 4) is 16.8 Å². The molecule has 1 heterocycles. The zero-order chi connectivity index (χ0) is 21.4. The van der Waals surface area contributed by atoms with Crippen LogP contribution in [0.2, 0.25) is 0 Å². The summed E-state index contributed by atoms with van der Waals surface area (Å²) in [5.74, 6) is 0.162. The van der Waals surface area contributed by atoms with Gasteiger partial charge in [0, 0.05) is 16.5 Å². The quantitative estimate of drug-likeness (QED) is 0.718. The average molecular weight is 395 g/mol. The molecule has 1 aromatic heterocycles. The van der Waals surface area contributed by atoms with E-state index in [1.807, 2.05) is 47.6 Å². The van der Waals surface area contributed by atoms with Crippen molar-refractivity contribution in [2.75, 3.05) is 0 Å². The topological polar surface area (TPSA) is 72.7 Å². The molecule has 29 heavy (non-hydrogen) atoms. The van der Waals surface area contributed by atoms with E-state index in [2.05, 4.69) is 20.8 Å². The first kappa shape index (κ1) is 20.6. The Labute approximate surface area is 170 Å². The van der Waals surface area contributed by atoms with Gasteiger partial charge in [-0.15, -0.1) is 5.10 Å². The second-order valence-corrected chi connectivity index (χ2v) is 9.14. The minimum absolute atomic E-state index is 0.201. The molecule has 152 valence electrons. The molecule has 0 aliphatic rings. The molecular weight excluding hydrogens is 369 g/mol. The van der Waals surface area contributed by atoms with Gasteiger partial charge in [-0.2, -0.15) is 4.68 Å². The molecule has 0 unspecified atom stereocenters. The third kappa shape index (κ3) is 4.85. The smallest absolute Gasteiger partial charge is 0.251 e. The van der Waals surface area contributed by atoms with Crippen molar-refractivity contribution in [1.82, 2.24) is 25.5 Å². The third-order valence-corrected chi connectivity index (χ3v) is 4.23. The molecule has 0 atom stereocenters. The van der Waals surface area contributed by atoms with E-state index < -0.39 is 0 Å². The van der Waals surface area contributed by atoms with E-state index in [1.165, 1.54) is 12.1 Å². The summed E-state index contributed by atoms with van der Waals surface area (Å²) in [6.07, 6.45) is 0. The highest BCUT2D eigenvalue weighted by Crippen LogP contribution is 2.27. The molecule has 0 spiro atoms. The molecule has 7 heteroatoms. The average Bonchev–Trinajstić information content (AvgIpc) is 3.11. The number of halogens is 1. The number of aromatic nitrogens is 4. The molecule has 0 saturated carbocycles. The Morgan fingerprint density at radius 3 is 2.21 bits per heavy atom. The Balaban J connectivity index is 2.17. The van der Waals surface area contributed by atoms with Crippen molar-refractivity contribution < 1.29 is 9.18 Å². The summed E-state index contributed by atoms with van der Waals surface area (Å²) in [7, 11) is 0. The monoisotopic (exact) mass is 395 g/mol. The molecule has 0 radical (unpaired) electrons. The number of amides is 1. The number of nitrogens with zero attached hydrogens (tertiary/aromatic N) is 4. The van der Waals surface area contributed by atoms with Crippen LogP contribution in [0.15, 0.2) is 42.5 Å². The highest BCUT2D eigenvalue weighted by atomic mass is 19.1. The van der Waals surface area contributed by atoms with E-state index in [4.69, 9.17) is 0 Å². The fourth-order valence-corrected chi connectivity index (χ4v) is 2.92. The van der Waals surface area contributed by atoms with Crippen molar-refractivity contribution in [2.24, 2.45) is 0 Å². The van der Waals surface area contributed by atoms with E-state index in [9.17, 15) is 9.18 Å². The van der Waals surface area contributed by atoms with Gasteiger partial charge in [-0.05, 0) is 72.7 Å². The van der Waals surface area contributed by atoms with E-state index in [0.717, 1.165) is 11.1 Å². The number of hydrogen-bond donors (Lipinski definition) is 1. The maximum absolute atomic E-state index is 13.4. The number of carbonyl (C=O) groups excluding carboxylic acids is 1. The van der Waals surface area contributed by atoms with Gasteiger partial charge in [0.2, 0.25) is 0 Å². The molecular formula is C22H26FN5O. The lowest BCUT2D eigenvalue weighted by Crippen LogP contribution is -2.40. The number of benzene rings is 2. The number of nitrogens with one attached hydrogen (secondary N) is 1. The van der Waals surface area contributed by atoms with Crippen molar-refractivity contribution in [3.63, 3.8) is 0 Å². The van der Waals surface area contributed by atoms with Crippen LogP contribution in [0, 0.1) is 5.82 Å². The first-order valence-corrected chi connectivity index (χ1v) is 9.47. The van der Waals surface area contributed by atoms with Crippen molar-refractivity contribution in [1.29, 1.82) is 0 Å². The first-order chi connectivity index (χ1) is 13.4. The van der Waals surface area contributed by atoms with Crippen LogP contribution in [-0.4, -0.2) is 31.7 Å². The van der Waals surface area contributed by atoms with Gasteiger partial charge in [-0.1, -0.05) is 32.9 Å². The predicted octanol–water partition coefficient (Wildman–Crippen LogP) is 4.29. The SMILES string of the molecule is CC(C)(C)NC(=O)c1cc(-c2ccc(F)cc2)cc(-n2nnnc2C(C)(C)C)c1. The van der Waals surface area contributed by atoms with Crippen LogP contribution in [-0.2, 0) is 5.41 Å². The number of carbonyl (C=O) groups is 1. The summed E-state index contributed by atoms with van der Waals surface area (Å²) in [4.78, 5) is 12.9. The van der Waals surface area contributed by atoms with Gasteiger partial charge in [-0.25, -0.2) is 4.39 Å². The van der Waals surface area contributed by atoms with Gasteiger partial charge in [-0.3, -0.25) is 4.79 Å². The Bertz CT molecular complexity index is 1030. The van der Waals surface area contributed by atoms with E-state index in [0.29, 0.717) is 17.1 Å². The highest BCUT2D eigenvalue weighted by molar-refractivity contribution is 5.96. The molecule has 0 fully saturated rings. The molecule has 0 aliphatic heterocycles. The molecule has 1 amide bonds. The van der Waals surface area contributed by atoms with Crippen LogP contribution >= 0.6 is 0 Å². The zero-order valence-corrected chi connectivity index (χ0v) is 17.6. The third-order valence-electron chi connectivity index (χ3n) is 4.23. The van der Waals surface area contributed by atoms with E-state index in [1.54, 1.807) is 28.9 Å². The largest absolute Gasteiger partial charge is 0.347 e. The minimum atomic E-state index is -0.380. The van der Waals surface area contributed by atoms with Crippen molar-refractivity contribution in [2.45, 2.75) is 52.5 Å². The van der Waals surface area contributed by atoms with Crippen molar-refractivity contribution >= 4 is 5.91 Å². The summed E-state index contributed by atoms with van der Waals surface area (Å²) >= 11 is 0. The fraction of sp³-hybridized carbons (Fsp3) is 0.364. The Morgan fingerprint density at radius 2 is 1.62 bits per heavy atom. The number of tetrazole rings is 1. The molecule has 0 bridgehead atoms. The van der Waals surface area contributed by atoms with Crippen LogP contribution < -0.4 is 5.32 Å². The molecule has 3 aromatic rings. The van der Waals surface area contributed by atoms with Gasteiger partial charge in [0.05, 0.1) is 5.69 Å². The summed E-state index contributed by atoms with van der Waals surface area (Å²) in [5, 5.41) is 15.1. The van der Waals surface area contributed by atoms with Crippen LogP contribution in [0.5, 0.6) is 0 Å². The standard InChI is InChI=1S/C22H26FN5O/c1-21(2,3)20-25-26-27-28(20)18-12-15(14-7-9-17(23)10-8-14)11-16(13-18)19(29)24-22(4,5)6/h7-13H,1-6H3,(H,24,29). The molecule has 3 rings (SSSR count). The molecule has 0 aliphatic carbocycles. The zero-order valence-electron chi connectivity index (χ0n) is 17.6. The van der Waals surface area contributed by atoms with E-state index >= 15 is 0 Å². The second-order valence-electron chi connectivity index (χ2n) is 9.14. The normalized spacial score (nSPS) is 12.1. The summed E-state index contributed by atoms with van der Waals surface area (Å²) in [6, 6.07) is 11.6. The Morgan fingerprint density at radius 1 is 0.966 bits per heavy atom. The number of hydrogen-bond acceptors (Lipinski definition) is 4. The lowest BCUT2D eigenvalue weighted by atomic mass is 9.95. The maximum Gasteiger partial charge on any atom is 0.251 e. The van der Waals surface area contributed by atoms with Crippen LogP contribution in [0.1, 0.15) is 57.7 Å². The van der Waals surface area contributed by atoms with Crippen molar-refractivity contribution in [3.05, 3.63) is 59.7 Å². The van der Waals surface area contributed by atoms with Crippen LogP contribution in [0.25, 0.3) is 16.8 Å². The molecule has 2 aromatic carbocycles. The van der Waals surface area contributed by atoms with Gasteiger partial charge < -0.3 is 5.32 Å². The van der Waals surface area contributed by atoms with Crippen LogP contribution in [0.3, 0.4) is 0 Å². The Hall–Kier alpha value is -3.09. The van der Waals surface area contributed by atoms with Gasteiger partial charge in [0.15, 0.2) is 5.82 Å². The lowest BCUT2D eigenvalue weighted by Gasteiger charge is -2.21. The fourth-order valence-electron chi connectivity index (χ4n) is 2.92.